The fourth-order valence-electron chi connectivity index (χ4n) is 2.48. The summed E-state index contributed by atoms with van der Waals surface area (Å²) in [6.45, 7) is 3.71. The topological polar surface area (TPSA) is 61.2 Å². The molecule has 0 spiro atoms. The highest BCUT2D eigenvalue weighted by Crippen LogP contribution is 2.23. The summed E-state index contributed by atoms with van der Waals surface area (Å²) < 4.78 is 6.22. The van der Waals surface area contributed by atoms with E-state index in [4.69, 9.17) is 16.3 Å². The Labute approximate surface area is 159 Å². The van der Waals surface area contributed by atoms with Crippen LogP contribution < -0.4 is 5.56 Å². The predicted molar refractivity (Wildman–Crippen MR) is 105 cm³/mol. The molecule has 0 saturated heterocycles. The molecule has 2 aromatic carbocycles. The maximum Gasteiger partial charge on any atom is 0.337 e. The molecule has 0 atom stereocenters. The minimum Gasteiger partial charge on any atom is -0.465 e. The number of nitrogens with zero attached hydrogens (tertiary/aromatic N) is 2. The van der Waals surface area contributed by atoms with Crippen molar-refractivity contribution in [3.63, 3.8) is 0 Å². The standard InChI is InChI=1S/C19H15ClN2O3S/c1-3-9-26-19-21-16-8-7-12(18(24)25-2)10-15(16)17(23)22(19)14-6-4-5-13(20)11-14/h3-8,10-11H,1,9H2,2H3. The average Bonchev–Trinajstić information content (AvgIpc) is 2.65. The number of hydrogen-bond donors (Lipinski definition) is 0. The molecule has 7 heteroatoms. The van der Waals surface area contributed by atoms with Gasteiger partial charge in [-0.25, -0.2) is 9.78 Å². The summed E-state index contributed by atoms with van der Waals surface area (Å²) in [6.07, 6.45) is 1.74. The van der Waals surface area contributed by atoms with Crippen LogP contribution >= 0.6 is 23.4 Å². The Hall–Kier alpha value is -2.57. The first-order valence-electron chi connectivity index (χ1n) is 7.70. The second-order valence-corrected chi connectivity index (χ2v) is 6.76. The highest BCUT2D eigenvalue weighted by Gasteiger charge is 2.15. The van der Waals surface area contributed by atoms with E-state index in [1.54, 1.807) is 42.5 Å². The van der Waals surface area contributed by atoms with Crippen LogP contribution in [0.25, 0.3) is 16.6 Å². The number of carbonyl (C=O) groups excluding carboxylic acids is 1. The van der Waals surface area contributed by atoms with Gasteiger partial charge in [0.25, 0.3) is 5.56 Å². The number of halogens is 1. The number of hydrogen-bond acceptors (Lipinski definition) is 5. The van der Waals surface area contributed by atoms with Gasteiger partial charge in [-0.15, -0.1) is 6.58 Å². The summed E-state index contributed by atoms with van der Waals surface area (Å²) in [5, 5.41) is 1.36. The minimum absolute atomic E-state index is 0.283. The molecule has 0 amide bonds. The van der Waals surface area contributed by atoms with Crippen molar-refractivity contribution in [2.75, 3.05) is 12.9 Å². The Morgan fingerprint density at radius 3 is 2.85 bits per heavy atom. The average molecular weight is 387 g/mol. The Morgan fingerprint density at radius 1 is 1.35 bits per heavy atom. The number of methoxy groups -OCH3 is 1. The second-order valence-electron chi connectivity index (χ2n) is 5.34. The lowest BCUT2D eigenvalue weighted by Crippen LogP contribution is -2.22. The number of carbonyl (C=O) groups is 1. The monoisotopic (exact) mass is 386 g/mol. The van der Waals surface area contributed by atoms with E-state index in [-0.39, 0.29) is 5.56 Å². The lowest BCUT2D eigenvalue weighted by atomic mass is 10.1. The van der Waals surface area contributed by atoms with Gasteiger partial charge in [-0.2, -0.15) is 0 Å². The van der Waals surface area contributed by atoms with Gasteiger partial charge in [0.15, 0.2) is 5.16 Å². The number of ether oxygens (including phenoxy) is 1. The summed E-state index contributed by atoms with van der Waals surface area (Å²) in [7, 11) is 1.30. The van der Waals surface area contributed by atoms with Crippen LogP contribution in [0.3, 0.4) is 0 Å². The number of fused-ring (bicyclic) bond motifs is 1. The first-order chi connectivity index (χ1) is 12.5. The fourth-order valence-corrected chi connectivity index (χ4v) is 3.41. The van der Waals surface area contributed by atoms with Gasteiger partial charge >= 0.3 is 5.97 Å². The van der Waals surface area contributed by atoms with Crippen molar-refractivity contribution in [2.45, 2.75) is 5.16 Å². The Balaban J connectivity index is 2.30. The van der Waals surface area contributed by atoms with E-state index >= 15 is 0 Å². The van der Waals surface area contributed by atoms with Crippen LogP contribution in [0.4, 0.5) is 0 Å². The zero-order valence-electron chi connectivity index (χ0n) is 13.9. The molecule has 3 aromatic rings. The fraction of sp³-hybridized carbons (Fsp3) is 0.105. The normalized spacial score (nSPS) is 10.7. The third-order valence-electron chi connectivity index (χ3n) is 3.66. The molecule has 1 heterocycles. The molecule has 0 saturated carbocycles. The van der Waals surface area contributed by atoms with Crippen molar-refractivity contribution >= 4 is 40.2 Å². The van der Waals surface area contributed by atoms with Crippen molar-refractivity contribution in [2.24, 2.45) is 0 Å². The zero-order valence-corrected chi connectivity index (χ0v) is 15.5. The van der Waals surface area contributed by atoms with Crippen LogP contribution in [0.15, 0.2) is 65.1 Å². The van der Waals surface area contributed by atoms with Crippen LogP contribution in [0.5, 0.6) is 0 Å². The molecule has 132 valence electrons. The lowest BCUT2D eigenvalue weighted by Gasteiger charge is -2.13. The lowest BCUT2D eigenvalue weighted by molar-refractivity contribution is 0.0601. The van der Waals surface area contributed by atoms with Gasteiger partial charge in [-0.05, 0) is 36.4 Å². The van der Waals surface area contributed by atoms with Crippen molar-refractivity contribution in [3.05, 3.63) is 76.1 Å². The van der Waals surface area contributed by atoms with Gasteiger partial charge in [-0.3, -0.25) is 9.36 Å². The molecule has 0 unspecified atom stereocenters. The number of rotatable bonds is 5. The van der Waals surface area contributed by atoms with E-state index in [1.807, 2.05) is 0 Å². The van der Waals surface area contributed by atoms with Gasteiger partial charge in [-0.1, -0.05) is 35.5 Å². The Bertz CT molecular complexity index is 1060. The van der Waals surface area contributed by atoms with Crippen LogP contribution in [0.2, 0.25) is 5.02 Å². The van der Waals surface area contributed by atoms with Gasteiger partial charge in [0.1, 0.15) is 0 Å². The molecule has 0 bridgehead atoms. The van der Waals surface area contributed by atoms with E-state index in [0.29, 0.717) is 38.1 Å². The van der Waals surface area contributed by atoms with E-state index in [2.05, 4.69) is 11.6 Å². The van der Waals surface area contributed by atoms with Crippen molar-refractivity contribution in [1.82, 2.24) is 9.55 Å². The van der Waals surface area contributed by atoms with Crippen LogP contribution in [0.1, 0.15) is 10.4 Å². The van der Waals surface area contributed by atoms with Gasteiger partial charge in [0, 0.05) is 10.8 Å². The van der Waals surface area contributed by atoms with Crippen molar-refractivity contribution in [3.8, 4) is 5.69 Å². The molecule has 26 heavy (non-hydrogen) atoms. The van der Waals surface area contributed by atoms with Gasteiger partial charge in [0.05, 0.1) is 29.3 Å². The molecule has 3 rings (SSSR count). The molecule has 0 N–H and O–H groups in total. The molecule has 0 radical (unpaired) electrons. The van der Waals surface area contributed by atoms with Crippen molar-refractivity contribution < 1.29 is 9.53 Å². The highest BCUT2D eigenvalue weighted by atomic mass is 35.5. The van der Waals surface area contributed by atoms with Crippen LogP contribution in [-0.2, 0) is 4.74 Å². The summed E-state index contributed by atoms with van der Waals surface area (Å²) in [6, 6.07) is 11.7. The molecule has 1 aromatic heterocycles. The molecular formula is C19H15ClN2O3S. The maximum atomic E-state index is 13.2. The van der Waals surface area contributed by atoms with E-state index < -0.39 is 5.97 Å². The molecule has 0 aliphatic rings. The molecule has 0 aliphatic heterocycles. The molecule has 0 fully saturated rings. The quantitative estimate of drug-likeness (QED) is 0.286. The van der Waals surface area contributed by atoms with Gasteiger partial charge in [0.2, 0.25) is 0 Å². The molecule has 0 aliphatic carbocycles. The number of esters is 1. The Kier molecular flexibility index (Phi) is 5.44. The summed E-state index contributed by atoms with van der Waals surface area (Å²) >= 11 is 7.48. The minimum atomic E-state index is -0.509. The second kappa shape index (κ2) is 7.76. The smallest absolute Gasteiger partial charge is 0.337 e. The van der Waals surface area contributed by atoms with Gasteiger partial charge < -0.3 is 4.74 Å². The predicted octanol–water partition coefficient (Wildman–Crippen LogP) is 4.10. The summed E-state index contributed by atoms with van der Waals surface area (Å²) in [5.74, 6) is 0.0874. The molecular weight excluding hydrogens is 372 g/mol. The van der Waals surface area contributed by atoms with E-state index in [9.17, 15) is 9.59 Å². The number of benzene rings is 2. The van der Waals surface area contributed by atoms with Crippen LogP contribution in [-0.4, -0.2) is 28.4 Å². The molecule has 5 nitrogen and oxygen atoms in total. The SMILES string of the molecule is C=CCSc1nc2ccc(C(=O)OC)cc2c(=O)n1-c1cccc(Cl)c1. The maximum absolute atomic E-state index is 13.2. The number of thioether (sulfide) groups is 1. The zero-order chi connectivity index (χ0) is 18.7. The van der Waals surface area contributed by atoms with Crippen molar-refractivity contribution in [1.29, 1.82) is 0 Å². The van der Waals surface area contributed by atoms with E-state index in [0.717, 1.165) is 0 Å². The first-order valence-corrected chi connectivity index (χ1v) is 9.06. The third-order valence-corrected chi connectivity index (χ3v) is 4.82. The third kappa shape index (κ3) is 3.52. The summed E-state index contributed by atoms with van der Waals surface area (Å²) in [4.78, 5) is 29.6. The van der Waals surface area contributed by atoms with E-state index in [1.165, 1.54) is 29.5 Å². The number of aromatic nitrogens is 2. The summed E-state index contributed by atoms with van der Waals surface area (Å²) in [5.41, 5.74) is 1.12. The first kappa shape index (κ1) is 18.2. The highest BCUT2D eigenvalue weighted by molar-refractivity contribution is 7.99. The largest absolute Gasteiger partial charge is 0.465 e. The Morgan fingerprint density at radius 2 is 2.15 bits per heavy atom. The van der Waals surface area contributed by atoms with Crippen LogP contribution in [0, 0.1) is 0 Å².